The Morgan fingerprint density at radius 3 is 2.78 bits per heavy atom. The maximum atomic E-state index is 13.0. The number of nitrogens with zero attached hydrogens (tertiary/aromatic N) is 1. The number of likely N-dealkylation sites (N-methyl/N-ethyl adjacent to an activating group) is 1. The van der Waals surface area contributed by atoms with Crippen molar-refractivity contribution in [3.63, 3.8) is 0 Å². The SMILES string of the molecule is CN1CC[C@@H](NC(=O)CC23CCC4CC(C2)CC(c2ccccc2)(C4)C3)C1.[HH]. The van der Waals surface area contributed by atoms with E-state index in [1.807, 2.05) is 0 Å². The van der Waals surface area contributed by atoms with Crippen LogP contribution in [0.4, 0.5) is 0 Å². The van der Waals surface area contributed by atoms with Gasteiger partial charge < -0.3 is 10.2 Å². The molecule has 0 spiro atoms. The highest BCUT2D eigenvalue weighted by atomic mass is 16.1. The summed E-state index contributed by atoms with van der Waals surface area (Å²) in [4.78, 5) is 15.3. The summed E-state index contributed by atoms with van der Waals surface area (Å²) in [6.07, 6.45) is 11.1. The van der Waals surface area contributed by atoms with Gasteiger partial charge in [0.05, 0.1) is 0 Å². The molecular formula is C24H36N2O. The van der Waals surface area contributed by atoms with E-state index in [9.17, 15) is 4.79 Å². The highest BCUT2D eigenvalue weighted by Gasteiger charge is 2.55. The van der Waals surface area contributed by atoms with Crippen molar-refractivity contribution < 1.29 is 6.22 Å². The van der Waals surface area contributed by atoms with Crippen LogP contribution in [0.25, 0.3) is 0 Å². The molecular weight excluding hydrogens is 332 g/mol. The normalized spacial score (nSPS) is 40.9. The number of carbonyl (C=O) groups is 1. The monoisotopic (exact) mass is 368 g/mol. The van der Waals surface area contributed by atoms with E-state index in [1.165, 1.54) is 44.9 Å². The van der Waals surface area contributed by atoms with E-state index in [0.717, 1.165) is 37.8 Å². The predicted molar refractivity (Wildman–Crippen MR) is 111 cm³/mol. The van der Waals surface area contributed by atoms with Crippen molar-refractivity contribution in [2.45, 2.75) is 69.2 Å². The van der Waals surface area contributed by atoms with Gasteiger partial charge in [-0.1, -0.05) is 30.3 Å². The molecule has 3 nitrogen and oxygen atoms in total. The fourth-order valence-electron chi connectivity index (χ4n) is 7.47. The Kier molecular flexibility index (Phi) is 4.34. The lowest BCUT2D eigenvalue weighted by atomic mass is 9.51. The molecule has 1 aromatic carbocycles. The van der Waals surface area contributed by atoms with E-state index in [-0.39, 0.29) is 6.84 Å². The predicted octanol–water partition coefficient (Wildman–Crippen LogP) is 4.37. The molecule has 1 heterocycles. The summed E-state index contributed by atoms with van der Waals surface area (Å²) in [5, 5.41) is 3.38. The Bertz CT molecular complexity index is 710. The molecule has 4 saturated carbocycles. The molecule has 3 heteroatoms. The van der Waals surface area contributed by atoms with Gasteiger partial charge in [0.1, 0.15) is 0 Å². The average molecular weight is 369 g/mol. The molecule has 148 valence electrons. The molecule has 1 amide bonds. The number of likely N-dealkylation sites (tertiary alicyclic amines) is 1. The second kappa shape index (κ2) is 6.62. The second-order valence-electron chi connectivity index (χ2n) is 10.4. The minimum Gasteiger partial charge on any atom is -0.352 e. The number of hydrogen-bond acceptors (Lipinski definition) is 2. The van der Waals surface area contributed by atoms with Crippen LogP contribution in [0.5, 0.6) is 0 Å². The number of rotatable bonds is 4. The van der Waals surface area contributed by atoms with Crippen LogP contribution in [0.2, 0.25) is 0 Å². The number of benzene rings is 1. The van der Waals surface area contributed by atoms with E-state index in [1.54, 1.807) is 5.56 Å². The van der Waals surface area contributed by atoms with Crippen molar-refractivity contribution >= 4 is 5.91 Å². The van der Waals surface area contributed by atoms with Crippen LogP contribution < -0.4 is 5.32 Å². The van der Waals surface area contributed by atoms with Crippen LogP contribution >= 0.6 is 0 Å². The van der Waals surface area contributed by atoms with Crippen molar-refractivity contribution in [1.82, 2.24) is 10.2 Å². The van der Waals surface area contributed by atoms with Crippen LogP contribution in [0.1, 0.15) is 64.8 Å². The highest BCUT2D eigenvalue weighted by molar-refractivity contribution is 5.77. The first-order valence-corrected chi connectivity index (χ1v) is 11.1. The highest BCUT2D eigenvalue weighted by Crippen LogP contribution is 2.64. The van der Waals surface area contributed by atoms with Crippen LogP contribution in [0.3, 0.4) is 0 Å². The lowest BCUT2D eigenvalue weighted by molar-refractivity contribution is -0.125. The number of fused-ring (bicyclic) bond motifs is 1. The van der Waals surface area contributed by atoms with E-state index in [2.05, 4.69) is 47.6 Å². The zero-order valence-electron chi connectivity index (χ0n) is 16.8. The molecule has 4 aliphatic carbocycles. The summed E-state index contributed by atoms with van der Waals surface area (Å²) in [5.41, 5.74) is 2.11. The summed E-state index contributed by atoms with van der Waals surface area (Å²) in [6.45, 7) is 2.12. The van der Waals surface area contributed by atoms with Crippen molar-refractivity contribution in [2.75, 3.05) is 20.1 Å². The Morgan fingerprint density at radius 2 is 2.00 bits per heavy atom. The molecule has 4 bridgehead atoms. The average Bonchev–Trinajstić information content (AvgIpc) is 2.94. The zero-order valence-corrected chi connectivity index (χ0v) is 16.8. The molecule has 1 aliphatic heterocycles. The lowest BCUT2D eigenvalue weighted by Gasteiger charge is -2.53. The maximum absolute atomic E-state index is 13.0. The quantitative estimate of drug-likeness (QED) is 0.856. The Labute approximate surface area is 165 Å². The summed E-state index contributed by atoms with van der Waals surface area (Å²) >= 11 is 0. The van der Waals surface area contributed by atoms with Crippen molar-refractivity contribution in [1.29, 1.82) is 0 Å². The Hall–Kier alpha value is -1.35. The molecule has 5 aliphatic rings. The van der Waals surface area contributed by atoms with Crippen molar-refractivity contribution in [2.24, 2.45) is 17.3 Å². The largest absolute Gasteiger partial charge is 0.352 e. The molecule has 4 unspecified atom stereocenters. The van der Waals surface area contributed by atoms with Gasteiger partial charge in [-0.2, -0.15) is 0 Å². The van der Waals surface area contributed by atoms with E-state index < -0.39 is 0 Å². The van der Waals surface area contributed by atoms with Crippen molar-refractivity contribution in [3.05, 3.63) is 35.9 Å². The lowest BCUT2D eigenvalue weighted by Crippen LogP contribution is -2.47. The second-order valence-corrected chi connectivity index (χ2v) is 10.4. The first-order chi connectivity index (χ1) is 13.0. The topological polar surface area (TPSA) is 32.3 Å². The number of amides is 1. The smallest absolute Gasteiger partial charge is 0.220 e. The molecule has 1 N–H and O–H groups in total. The fraction of sp³-hybridized carbons (Fsp3) is 0.708. The standard InChI is InChI=1S/C24H34N2O.H2/c1-26-10-8-21(16-26)25-22(27)15-23-9-7-18-11-19(12-23)14-24(13-18,17-23)20-5-3-2-4-6-20;/h2-6,18-19,21H,7-17H2,1H3,(H,25,27);1H/t18?,19?,21-,23?,24?;/m1./s1. The van der Waals surface area contributed by atoms with Gasteiger partial charge in [0.15, 0.2) is 0 Å². The zero-order chi connectivity index (χ0) is 18.5. The summed E-state index contributed by atoms with van der Waals surface area (Å²) < 4.78 is 0. The molecule has 1 saturated heterocycles. The van der Waals surface area contributed by atoms with Gasteiger partial charge in [0, 0.05) is 20.4 Å². The molecule has 5 atom stereocenters. The minimum absolute atomic E-state index is 0. The maximum Gasteiger partial charge on any atom is 0.220 e. The van der Waals surface area contributed by atoms with Crippen molar-refractivity contribution in [3.8, 4) is 0 Å². The molecule has 0 radical (unpaired) electrons. The molecule has 1 aromatic rings. The van der Waals surface area contributed by atoms with Gasteiger partial charge in [0.2, 0.25) is 5.91 Å². The van der Waals surface area contributed by atoms with Crippen LogP contribution in [0.15, 0.2) is 30.3 Å². The van der Waals surface area contributed by atoms with E-state index >= 15 is 0 Å². The molecule has 6 rings (SSSR count). The van der Waals surface area contributed by atoms with Gasteiger partial charge in [0.25, 0.3) is 0 Å². The van der Waals surface area contributed by atoms with Gasteiger partial charge in [-0.3, -0.25) is 4.79 Å². The summed E-state index contributed by atoms with van der Waals surface area (Å²) in [7, 11) is 2.15. The first-order valence-electron chi connectivity index (χ1n) is 11.1. The van der Waals surface area contributed by atoms with Crippen LogP contribution in [0, 0.1) is 17.3 Å². The molecule has 0 aromatic heterocycles. The van der Waals surface area contributed by atoms with E-state index in [4.69, 9.17) is 0 Å². The number of carbonyl (C=O) groups excluding carboxylic acids is 1. The van der Waals surface area contributed by atoms with Crippen LogP contribution in [-0.2, 0) is 10.2 Å². The first kappa shape index (κ1) is 17.7. The van der Waals surface area contributed by atoms with Gasteiger partial charge in [-0.05, 0) is 93.2 Å². The summed E-state index contributed by atoms with van der Waals surface area (Å²) in [5.74, 6) is 2.02. The third kappa shape index (κ3) is 3.33. The number of nitrogens with one attached hydrogen (secondary N) is 1. The van der Waals surface area contributed by atoms with E-state index in [0.29, 0.717) is 17.4 Å². The summed E-state index contributed by atoms with van der Waals surface area (Å²) in [6, 6.07) is 11.6. The Balaban J connectivity index is 0.00000192. The fourth-order valence-corrected chi connectivity index (χ4v) is 7.47. The van der Waals surface area contributed by atoms with Crippen LogP contribution in [-0.4, -0.2) is 37.0 Å². The molecule has 27 heavy (non-hydrogen) atoms. The third-order valence-electron chi connectivity index (χ3n) is 8.22. The van der Waals surface area contributed by atoms with Gasteiger partial charge in [-0.25, -0.2) is 0 Å². The molecule has 5 fully saturated rings. The number of hydrogen-bond donors (Lipinski definition) is 1. The Morgan fingerprint density at radius 1 is 1.19 bits per heavy atom. The third-order valence-corrected chi connectivity index (χ3v) is 8.22. The van der Waals surface area contributed by atoms with Gasteiger partial charge >= 0.3 is 0 Å². The minimum atomic E-state index is 0. The van der Waals surface area contributed by atoms with Gasteiger partial charge in [-0.15, -0.1) is 0 Å².